The molecule has 21 heavy (non-hydrogen) atoms. The van der Waals surface area contributed by atoms with Crippen molar-refractivity contribution in [1.82, 2.24) is 0 Å². The van der Waals surface area contributed by atoms with Crippen LogP contribution in [0.2, 0.25) is 0 Å². The van der Waals surface area contributed by atoms with E-state index in [0.717, 1.165) is 0 Å². The van der Waals surface area contributed by atoms with E-state index in [1.807, 2.05) is 0 Å². The summed E-state index contributed by atoms with van der Waals surface area (Å²) in [4.78, 5) is 0.0804. The molecular weight excluding hydrogens is 359 g/mol. The van der Waals surface area contributed by atoms with Crippen molar-refractivity contribution in [2.75, 3.05) is 10.5 Å². The Labute approximate surface area is 131 Å². The summed E-state index contributed by atoms with van der Waals surface area (Å²) in [5, 5.41) is 0. The maximum Gasteiger partial charge on any atom is 0.262 e. The van der Waals surface area contributed by atoms with Crippen LogP contribution in [0.5, 0.6) is 0 Å². The van der Waals surface area contributed by atoms with Gasteiger partial charge in [0.1, 0.15) is 5.82 Å². The van der Waals surface area contributed by atoms with Gasteiger partial charge in [0.15, 0.2) is 0 Å². The predicted molar refractivity (Wildman–Crippen MR) is 85.2 cm³/mol. The monoisotopic (exact) mass is 372 g/mol. The number of anilines is 2. The fourth-order valence-electron chi connectivity index (χ4n) is 2.12. The van der Waals surface area contributed by atoms with Crippen LogP contribution in [-0.4, -0.2) is 8.42 Å². The zero-order chi connectivity index (χ0) is 15.8. The number of benzene rings is 2. The number of hydrogen-bond acceptors (Lipinski definition) is 3. The van der Waals surface area contributed by atoms with Gasteiger partial charge >= 0.3 is 0 Å². The SMILES string of the molecule is Cc1cc(F)cc(C)c1S(=O)(=O)Nc1ccc(N)c(Br)c1. The molecule has 0 saturated heterocycles. The Morgan fingerprint density at radius 2 is 1.71 bits per heavy atom. The van der Waals surface area contributed by atoms with E-state index in [-0.39, 0.29) is 4.90 Å². The summed E-state index contributed by atoms with van der Waals surface area (Å²) in [6, 6.07) is 7.11. The molecule has 0 aromatic heterocycles. The number of rotatable bonds is 3. The quantitative estimate of drug-likeness (QED) is 0.808. The molecule has 3 N–H and O–H groups in total. The largest absolute Gasteiger partial charge is 0.398 e. The molecule has 0 bridgehead atoms. The van der Waals surface area contributed by atoms with Crippen molar-refractivity contribution >= 4 is 37.3 Å². The Hall–Kier alpha value is -1.60. The van der Waals surface area contributed by atoms with Gasteiger partial charge in [-0.05, 0) is 71.2 Å². The summed E-state index contributed by atoms with van der Waals surface area (Å²) in [6.45, 7) is 3.12. The van der Waals surface area contributed by atoms with Crippen LogP contribution in [0.4, 0.5) is 15.8 Å². The van der Waals surface area contributed by atoms with Gasteiger partial charge in [0, 0.05) is 10.2 Å². The fraction of sp³-hybridized carbons (Fsp3) is 0.143. The standard InChI is InChI=1S/C14H14BrFN2O2S/c1-8-5-10(16)6-9(2)14(8)21(19,20)18-11-3-4-13(17)12(15)7-11/h3-7,18H,17H2,1-2H3. The normalized spacial score (nSPS) is 11.4. The second kappa shape index (κ2) is 5.65. The number of nitrogens with two attached hydrogens (primary N) is 1. The lowest BCUT2D eigenvalue weighted by Gasteiger charge is -2.13. The summed E-state index contributed by atoms with van der Waals surface area (Å²) in [5.41, 5.74) is 7.26. The molecule has 2 aromatic carbocycles. The van der Waals surface area contributed by atoms with Crippen LogP contribution in [0.15, 0.2) is 39.7 Å². The van der Waals surface area contributed by atoms with Crippen molar-refractivity contribution in [1.29, 1.82) is 0 Å². The van der Waals surface area contributed by atoms with Crippen molar-refractivity contribution in [3.05, 3.63) is 51.7 Å². The van der Waals surface area contributed by atoms with Crippen LogP contribution >= 0.6 is 15.9 Å². The third kappa shape index (κ3) is 3.36. The first-order chi connectivity index (χ1) is 9.70. The highest BCUT2D eigenvalue weighted by Gasteiger charge is 2.20. The molecule has 0 saturated carbocycles. The average Bonchev–Trinajstić information content (AvgIpc) is 2.31. The number of sulfonamides is 1. The van der Waals surface area contributed by atoms with Crippen molar-refractivity contribution < 1.29 is 12.8 Å². The lowest BCUT2D eigenvalue weighted by atomic mass is 10.1. The molecule has 0 amide bonds. The highest BCUT2D eigenvalue weighted by Crippen LogP contribution is 2.27. The smallest absolute Gasteiger partial charge is 0.262 e. The molecule has 0 aliphatic rings. The van der Waals surface area contributed by atoms with Crippen LogP contribution in [0.3, 0.4) is 0 Å². The summed E-state index contributed by atoms with van der Waals surface area (Å²) >= 11 is 3.24. The molecule has 112 valence electrons. The number of aryl methyl sites for hydroxylation is 2. The van der Waals surface area contributed by atoms with Gasteiger partial charge in [-0.15, -0.1) is 0 Å². The second-order valence-corrected chi connectivity index (χ2v) is 7.18. The Bertz CT molecular complexity index is 784. The summed E-state index contributed by atoms with van der Waals surface area (Å²) in [6.07, 6.45) is 0. The van der Waals surface area contributed by atoms with Crippen LogP contribution in [0.25, 0.3) is 0 Å². The predicted octanol–water partition coefficient (Wildman–Crippen LogP) is 3.59. The first kappa shape index (κ1) is 15.8. The zero-order valence-electron chi connectivity index (χ0n) is 11.4. The van der Waals surface area contributed by atoms with E-state index in [1.54, 1.807) is 32.0 Å². The number of halogens is 2. The van der Waals surface area contributed by atoms with E-state index in [0.29, 0.717) is 27.0 Å². The molecule has 7 heteroatoms. The third-order valence-corrected chi connectivity index (χ3v) is 5.32. The Morgan fingerprint density at radius 3 is 2.24 bits per heavy atom. The molecule has 2 aromatic rings. The molecule has 0 unspecified atom stereocenters. The molecule has 2 rings (SSSR count). The van der Waals surface area contributed by atoms with E-state index < -0.39 is 15.8 Å². The summed E-state index contributed by atoms with van der Waals surface area (Å²) in [7, 11) is -3.80. The first-order valence-corrected chi connectivity index (χ1v) is 8.33. The van der Waals surface area contributed by atoms with Crippen LogP contribution in [0, 0.1) is 19.7 Å². The molecule has 0 fully saturated rings. The number of nitrogen functional groups attached to an aromatic ring is 1. The van der Waals surface area contributed by atoms with Gasteiger partial charge in [-0.2, -0.15) is 0 Å². The molecular formula is C14H14BrFN2O2S. The molecule has 0 atom stereocenters. The van der Waals surface area contributed by atoms with Crippen molar-refractivity contribution in [2.24, 2.45) is 0 Å². The third-order valence-electron chi connectivity index (χ3n) is 2.95. The molecule has 0 spiro atoms. The van der Waals surface area contributed by atoms with Gasteiger partial charge in [-0.25, -0.2) is 12.8 Å². The highest BCUT2D eigenvalue weighted by atomic mass is 79.9. The maximum absolute atomic E-state index is 13.3. The van der Waals surface area contributed by atoms with Gasteiger partial charge in [-0.3, -0.25) is 4.72 Å². The summed E-state index contributed by atoms with van der Waals surface area (Å²) in [5.74, 6) is -0.459. The first-order valence-electron chi connectivity index (χ1n) is 6.05. The second-order valence-electron chi connectivity index (χ2n) is 4.71. The van der Waals surface area contributed by atoms with E-state index >= 15 is 0 Å². The molecule has 0 heterocycles. The fourth-order valence-corrected chi connectivity index (χ4v) is 4.00. The minimum absolute atomic E-state index is 0.0804. The van der Waals surface area contributed by atoms with Crippen LogP contribution < -0.4 is 10.5 Å². The van der Waals surface area contributed by atoms with Gasteiger partial charge < -0.3 is 5.73 Å². The van der Waals surface area contributed by atoms with E-state index in [1.165, 1.54) is 12.1 Å². The number of nitrogens with one attached hydrogen (secondary N) is 1. The molecule has 0 aliphatic heterocycles. The topological polar surface area (TPSA) is 72.2 Å². The molecule has 0 aliphatic carbocycles. The summed E-state index contributed by atoms with van der Waals surface area (Å²) < 4.78 is 41.3. The van der Waals surface area contributed by atoms with E-state index in [9.17, 15) is 12.8 Å². The Morgan fingerprint density at radius 1 is 1.14 bits per heavy atom. The average molecular weight is 373 g/mol. The van der Waals surface area contributed by atoms with Crippen molar-refractivity contribution in [3.8, 4) is 0 Å². The lowest BCUT2D eigenvalue weighted by Crippen LogP contribution is -2.16. The minimum Gasteiger partial charge on any atom is -0.398 e. The maximum atomic E-state index is 13.3. The number of hydrogen-bond donors (Lipinski definition) is 2. The lowest BCUT2D eigenvalue weighted by molar-refractivity contribution is 0.597. The highest BCUT2D eigenvalue weighted by molar-refractivity contribution is 9.10. The van der Waals surface area contributed by atoms with Crippen LogP contribution in [-0.2, 0) is 10.0 Å². The van der Waals surface area contributed by atoms with Crippen molar-refractivity contribution in [2.45, 2.75) is 18.7 Å². The van der Waals surface area contributed by atoms with Gasteiger partial charge in [0.2, 0.25) is 0 Å². The zero-order valence-corrected chi connectivity index (χ0v) is 13.8. The van der Waals surface area contributed by atoms with Crippen LogP contribution in [0.1, 0.15) is 11.1 Å². The van der Waals surface area contributed by atoms with E-state index in [2.05, 4.69) is 20.7 Å². The van der Waals surface area contributed by atoms with Gasteiger partial charge in [0.25, 0.3) is 10.0 Å². The Balaban J connectivity index is 2.46. The Kier molecular flexibility index (Phi) is 4.25. The van der Waals surface area contributed by atoms with Gasteiger partial charge in [-0.1, -0.05) is 0 Å². The van der Waals surface area contributed by atoms with Gasteiger partial charge in [0.05, 0.1) is 10.6 Å². The molecule has 4 nitrogen and oxygen atoms in total. The minimum atomic E-state index is -3.80. The van der Waals surface area contributed by atoms with E-state index in [4.69, 9.17) is 5.73 Å². The van der Waals surface area contributed by atoms with Crippen molar-refractivity contribution in [3.63, 3.8) is 0 Å². The molecule has 0 radical (unpaired) electrons.